The third-order valence-electron chi connectivity index (χ3n) is 9.40. The second-order valence-electron chi connectivity index (χ2n) is 12.2. The molecule has 2 aliphatic rings. The first-order valence-electron chi connectivity index (χ1n) is 15.8. The van der Waals surface area contributed by atoms with Crippen LogP contribution in [-0.2, 0) is 17.5 Å². The maximum Gasteiger partial charge on any atom is 0.434 e. The van der Waals surface area contributed by atoms with Crippen molar-refractivity contribution >= 4 is 17.6 Å². The average Bonchev–Trinajstić information content (AvgIpc) is 3.63. The summed E-state index contributed by atoms with van der Waals surface area (Å²) in [5.41, 5.74) is 0.358. The van der Waals surface area contributed by atoms with E-state index < -0.39 is 29.7 Å². The number of carbonyl (C=O) groups excluding carboxylic acids is 2. The molecule has 12 heteroatoms. The molecule has 0 aliphatic heterocycles. The molecule has 1 unspecified atom stereocenters. The van der Waals surface area contributed by atoms with E-state index in [1.807, 2.05) is 6.92 Å². The first kappa shape index (κ1) is 31.7. The topological polar surface area (TPSA) is 118 Å². The summed E-state index contributed by atoms with van der Waals surface area (Å²) in [4.78, 5) is 31.7. The van der Waals surface area contributed by atoms with Gasteiger partial charge in [0.15, 0.2) is 5.69 Å². The lowest BCUT2D eigenvalue weighted by Gasteiger charge is -2.41. The molecule has 2 saturated carbocycles. The molecule has 2 amide bonds. The van der Waals surface area contributed by atoms with E-state index in [1.165, 1.54) is 12.1 Å². The highest BCUT2D eigenvalue weighted by Gasteiger charge is 2.42. The maximum atomic E-state index is 14.3. The fourth-order valence-corrected chi connectivity index (χ4v) is 7.39. The highest BCUT2D eigenvalue weighted by atomic mass is 19.4. The number of aromatic nitrogens is 5. The Hall–Kier alpha value is -3.70. The van der Waals surface area contributed by atoms with E-state index in [1.54, 1.807) is 30.8 Å². The van der Waals surface area contributed by atoms with Gasteiger partial charge in [-0.05, 0) is 56.7 Å². The Kier molecular flexibility index (Phi) is 9.75. The summed E-state index contributed by atoms with van der Waals surface area (Å²) in [7, 11) is 0. The number of anilines is 1. The van der Waals surface area contributed by atoms with Crippen LogP contribution < -0.4 is 10.6 Å². The lowest BCUT2D eigenvalue weighted by atomic mass is 9.66. The van der Waals surface area contributed by atoms with E-state index in [0.717, 1.165) is 64.2 Å². The molecule has 2 aliphatic carbocycles. The van der Waals surface area contributed by atoms with Gasteiger partial charge in [0.25, 0.3) is 5.91 Å². The molecule has 3 N–H and O–H groups in total. The van der Waals surface area contributed by atoms with E-state index in [0.29, 0.717) is 29.2 Å². The minimum absolute atomic E-state index is 0.112. The Balaban J connectivity index is 1.51. The molecule has 238 valence electrons. The maximum absolute atomic E-state index is 14.3. The minimum Gasteiger partial charge on any atom is -0.339 e. The van der Waals surface area contributed by atoms with Crippen molar-refractivity contribution < 1.29 is 22.8 Å². The van der Waals surface area contributed by atoms with Crippen molar-refractivity contribution in [1.82, 2.24) is 30.3 Å². The number of nitrogens with one attached hydrogen (secondary N) is 3. The molecule has 3 aromatic heterocycles. The van der Waals surface area contributed by atoms with Gasteiger partial charge in [0.1, 0.15) is 17.6 Å². The Bertz CT molecular complexity index is 1410. The Labute approximate surface area is 255 Å². The van der Waals surface area contributed by atoms with Crippen LogP contribution in [0.25, 0.3) is 11.1 Å². The van der Waals surface area contributed by atoms with Crippen molar-refractivity contribution in [2.45, 2.75) is 104 Å². The van der Waals surface area contributed by atoms with Gasteiger partial charge >= 0.3 is 6.18 Å². The van der Waals surface area contributed by atoms with Crippen LogP contribution in [0.2, 0.25) is 0 Å². The van der Waals surface area contributed by atoms with E-state index in [2.05, 4.69) is 30.9 Å². The number of carbonyl (C=O) groups is 2. The molecule has 9 nitrogen and oxygen atoms in total. The number of alkyl halides is 3. The summed E-state index contributed by atoms with van der Waals surface area (Å²) >= 11 is 0. The van der Waals surface area contributed by atoms with Crippen molar-refractivity contribution in [1.29, 1.82) is 0 Å². The minimum atomic E-state index is -4.77. The molecular weight excluding hydrogens is 571 g/mol. The quantitative estimate of drug-likeness (QED) is 0.244. The van der Waals surface area contributed by atoms with E-state index in [9.17, 15) is 22.8 Å². The highest BCUT2D eigenvalue weighted by Crippen LogP contribution is 2.43. The number of aryl methyl sites for hydroxylation is 3. The van der Waals surface area contributed by atoms with Crippen molar-refractivity contribution in [2.75, 3.05) is 5.32 Å². The van der Waals surface area contributed by atoms with E-state index >= 15 is 0 Å². The summed E-state index contributed by atoms with van der Waals surface area (Å²) in [6.45, 7) is 5.64. The van der Waals surface area contributed by atoms with Crippen LogP contribution in [0.15, 0.2) is 24.4 Å². The van der Waals surface area contributed by atoms with Gasteiger partial charge in [0.05, 0.1) is 5.69 Å². The first-order valence-corrected chi connectivity index (χ1v) is 15.8. The smallest absolute Gasteiger partial charge is 0.339 e. The molecule has 1 atom stereocenters. The van der Waals surface area contributed by atoms with Crippen LogP contribution in [0.5, 0.6) is 0 Å². The van der Waals surface area contributed by atoms with Gasteiger partial charge in [-0.25, -0.2) is 4.98 Å². The lowest BCUT2D eigenvalue weighted by Crippen LogP contribution is -2.53. The van der Waals surface area contributed by atoms with Crippen LogP contribution in [-0.4, -0.2) is 42.8 Å². The van der Waals surface area contributed by atoms with Crippen LogP contribution >= 0.6 is 0 Å². The first-order chi connectivity index (χ1) is 21.1. The molecule has 44 heavy (non-hydrogen) atoms. The average molecular weight is 614 g/mol. The molecule has 0 radical (unpaired) electrons. The number of aromatic amines is 1. The second-order valence-corrected chi connectivity index (χ2v) is 12.2. The molecule has 3 heterocycles. The van der Waals surface area contributed by atoms with Gasteiger partial charge in [-0.2, -0.15) is 23.4 Å². The monoisotopic (exact) mass is 613 g/mol. The molecule has 0 saturated heterocycles. The standard InChI is InChI=1S/C32H42F3N7O2/c1-4-42-24(17-18-36-42)30(43)39-28(27(21-11-7-5-8-12-21)22-13-9-6-10-14-22)31(44)38-25-16-15-23(29(37-25)32(33,34)35)26-19(2)40-41-20(26)3/h15-18,21-22,27-28H,4-14H2,1-3H3,(H,39,43)(H,40,41)(H,37,38,44). The van der Waals surface area contributed by atoms with Crippen LogP contribution in [0, 0.1) is 31.6 Å². The van der Waals surface area contributed by atoms with Gasteiger partial charge in [0.2, 0.25) is 5.91 Å². The van der Waals surface area contributed by atoms with Gasteiger partial charge < -0.3 is 10.6 Å². The summed E-state index contributed by atoms with van der Waals surface area (Å²) in [5.74, 6) is -0.875. The lowest BCUT2D eigenvalue weighted by molar-refractivity contribution is -0.140. The molecular formula is C32H42F3N7O2. The fourth-order valence-electron chi connectivity index (χ4n) is 7.39. The highest BCUT2D eigenvalue weighted by molar-refractivity contribution is 6.00. The summed E-state index contributed by atoms with van der Waals surface area (Å²) in [5, 5.41) is 16.7. The molecule has 0 spiro atoms. The van der Waals surface area contributed by atoms with Gasteiger partial charge in [-0.3, -0.25) is 19.4 Å². The third-order valence-corrected chi connectivity index (χ3v) is 9.40. The summed E-state index contributed by atoms with van der Waals surface area (Å²) < 4.78 is 44.5. The fraction of sp³-hybridized carbons (Fsp3) is 0.594. The number of nitrogens with zero attached hydrogens (tertiary/aromatic N) is 4. The number of rotatable bonds is 9. The number of pyridine rings is 1. The van der Waals surface area contributed by atoms with Crippen LogP contribution in [0.1, 0.15) is 98.7 Å². The van der Waals surface area contributed by atoms with Crippen LogP contribution in [0.3, 0.4) is 0 Å². The predicted molar refractivity (Wildman–Crippen MR) is 161 cm³/mol. The molecule has 5 rings (SSSR count). The number of halogens is 3. The van der Waals surface area contributed by atoms with Gasteiger partial charge in [-0.1, -0.05) is 64.2 Å². The number of amides is 2. The second kappa shape index (κ2) is 13.5. The van der Waals surface area contributed by atoms with E-state index in [4.69, 9.17) is 0 Å². The molecule has 3 aromatic rings. The van der Waals surface area contributed by atoms with Crippen molar-refractivity contribution in [2.24, 2.45) is 17.8 Å². The normalized spacial score (nSPS) is 17.5. The van der Waals surface area contributed by atoms with Crippen molar-refractivity contribution in [3.8, 4) is 11.1 Å². The largest absolute Gasteiger partial charge is 0.434 e. The zero-order chi connectivity index (χ0) is 31.4. The van der Waals surface area contributed by atoms with Crippen LogP contribution in [0.4, 0.5) is 19.0 Å². The molecule has 2 fully saturated rings. The number of hydrogen-bond acceptors (Lipinski definition) is 5. The SMILES string of the molecule is CCn1nccc1C(=O)NC(C(=O)Nc1ccc(-c2c(C)n[nH]c2C)c(C(F)(F)F)n1)C(C1CCCCC1)C1CCCCC1. The zero-order valence-corrected chi connectivity index (χ0v) is 25.6. The zero-order valence-electron chi connectivity index (χ0n) is 25.6. The Morgan fingerprint density at radius 3 is 2.18 bits per heavy atom. The Morgan fingerprint density at radius 1 is 1.00 bits per heavy atom. The number of hydrogen-bond donors (Lipinski definition) is 3. The van der Waals surface area contributed by atoms with Gasteiger partial charge in [0, 0.05) is 29.6 Å². The summed E-state index contributed by atoms with van der Waals surface area (Å²) in [6.07, 6.45) is 7.12. The van der Waals surface area contributed by atoms with Crippen molar-refractivity contribution in [3.63, 3.8) is 0 Å². The van der Waals surface area contributed by atoms with E-state index in [-0.39, 0.29) is 29.1 Å². The molecule has 0 bridgehead atoms. The van der Waals surface area contributed by atoms with Crippen molar-refractivity contribution in [3.05, 3.63) is 47.2 Å². The third kappa shape index (κ3) is 6.83. The number of H-pyrrole nitrogens is 1. The van der Waals surface area contributed by atoms with Gasteiger partial charge in [-0.15, -0.1) is 0 Å². The Morgan fingerprint density at radius 2 is 1.64 bits per heavy atom. The predicted octanol–water partition coefficient (Wildman–Crippen LogP) is 6.84. The summed E-state index contributed by atoms with van der Waals surface area (Å²) in [6, 6.07) is 3.38. The molecule has 0 aromatic carbocycles.